The minimum absolute atomic E-state index is 0. The number of rotatable bonds is 4. The number of pyridine rings is 2. The molecule has 0 fully saturated rings. The molecule has 1 N–H and O–H groups in total. The normalized spacial score (nSPS) is 12.4. The number of hydrogen-bond acceptors (Lipinski definition) is 4. The fraction of sp³-hybridized carbons (Fsp3) is 0.158. The summed E-state index contributed by atoms with van der Waals surface area (Å²) >= 11 is 0. The number of nitrogens with zero attached hydrogens (tertiary/aromatic N) is 2. The van der Waals surface area contributed by atoms with Gasteiger partial charge in [0.25, 0.3) is 0 Å². The van der Waals surface area contributed by atoms with E-state index in [1.54, 1.807) is 50.4 Å². The van der Waals surface area contributed by atoms with Gasteiger partial charge in [0.15, 0.2) is 5.44 Å². The van der Waals surface area contributed by atoms with Gasteiger partial charge in [-0.1, -0.05) is 29.8 Å². The van der Waals surface area contributed by atoms with E-state index >= 15 is 0 Å². The van der Waals surface area contributed by atoms with E-state index in [1.807, 2.05) is 0 Å². The number of hydrogen-bond donors (Lipinski definition) is 1. The number of halogens is 2. The van der Waals surface area contributed by atoms with Gasteiger partial charge in [-0.15, -0.1) is 12.1 Å². The van der Waals surface area contributed by atoms with E-state index in [0.717, 1.165) is 12.1 Å². The molecule has 0 aliphatic rings. The Labute approximate surface area is 175 Å². The van der Waals surface area contributed by atoms with E-state index in [1.165, 1.54) is 12.3 Å². The molecule has 3 rings (SSSR count). The minimum atomic E-state index is -3.71. The Morgan fingerprint density at radius 3 is 2.25 bits per heavy atom. The van der Waals surface area contributed by atoms with Gasteiger partial charge in [-0.25, -0.2) is 4.98 Å². The molecule has 28 heavy (non-hydrogen) atoms. The van der Waals surface area contributed by atoms with Gasteiger partial charge in [-0.3, -0.25) is 13.3 Å². The summed E-state index contributed by atoms with van der Waals surface area (Å²) in [5, 5.41) is 0. The molecule has 0 saturated heterocycles. The summed E-state index contributed by atoms with van der Waals surface area (Å²) in [6.45, 7) is 3.40. The van der Waals surface area contributed by atoms with Crippen LogP contribution in [0.5, 0.6) is 0 Å². The first-order valence-corrected chi connectivity index (χ1v) is 9.58. The zero-order valence-electron chi connectivity index (χ0n) is 15.0. The van der Waals surface area contributed by atoms with Crippen molar-refractivity contribution in [1.29, 1.82) is 0 Å². The number of benzene rings is 1. The molecule has 2 heterocycles. The predicted octanol–water partition coefficient (Wildman–Crippen LogP) is 4.14. The predicted molar refractivity (Wildman–Crippen MR) is 98.3 cm³/mol. The summed E-state index contributed by atoms with van der Waals surface area (Å²) in [5.74, 6) is -1.29. The fourth-order valence-corrected chi connectivity index (χ4v) is 3.18. The summed E-state index contributed by atoms with van der Waals surface area (Å²) in [6, 6.07) is 14.3. The van der Waals surface area contributed by atoms with Crippen LogP contribution >= 0.6 is 7.60 Å². The largest absolute Gasteiger partial charge is 0.377 e. The molecule has 0 aliphatic carbocycles. The van der Waals surface area contributed by atoms with Crippen molar-refractivity contribution in [3.8, 4) is 11.3 Å². The van der Waals surface area contributed by atoms with Crippen LogP contribution < -0.4 is 5.44 Å². The Morgan fingerprint density at radius 2 is 1.75 bits per heavy atom. The molecular formula is C19H18F2IrN2O3P-. The zero-order chi connectivity index (χ0) is 19.9. The smallest absolute Gasteiger partial charge is 0.320 e. The quantitative estimate of drug-likeness (QED) is 0.370. The molecule has 1 unspecified atom stereocenters. The van der Waals surface area contributed by atoms with Crippen molar-refractivity contribution < 1.29 is 42.9 Å². The molecule has 5 nitrogen and oxygen atoms in total. The Kier molecular flexibility index (Phi) is 9.73. The molecule has 1 atom stereocenters. The van der Waals surface area contributed by atoms with Gasteiger partial charge < -0.3 is 14.4 Å². The zero-order valence-corrected chi connectivity index (χ0v) is 18.3. The van der Waals surface area contributed by atoms with E-state index in [0.29, 0.717) is 5.69 Å². The van der Waals surface area contributed by atoms with Crippen LogP contribution in [0.3, 0.4) is 0 Å². The Balaban J connectivity index is 0.000000271. The average molecular weight is 584 g/mol. The van der Waals surface area contributed by atoms with Gasteiger partial charge in [-0.05, 0) is 37.7 Å². The second kappa shape index (κ2) is 11.2. The first-order valence-electron chi connectivity index (χ1n) is 8.00. The Hall–Kier alpha value is -1.82. The van der Waals surface area contributed by atoms with Crippen molar-refractivity contribution in [3.63, 3.8) is 0 Å². The van der Waals surface area contributed by atoms with Gasteiger partial charge in [-0.2, -0.15) is 0 Å². The monoisotopic (exact) mass is 584 g/mol. The van der Waals surface area contributed by atoms with Crippen LogP contribution in [-0.4, -0.2) is 21.0 Å². The van der Waals surface area contributed by atoms with Crippen LogP contribution in [0.4, 0.5) is 8.78 Å². The molecule has 0 amide bonds. The van der Waals surface area contributed by atoms with E-state index in [-0.39, 0.29) is 37.2 Å². The average Bonchev–Trinajstić information content (AvgIpc) is 2.63. The molecule has 0 aliphatic heterocycles. The molecular weight excluding hydrogens is 565 g/mol. The summed E-state index contributed by atoms with van der Waals surface area (Å²) in [7, 11) is -3.71. The maximum absolute atomic E-state index is 13.2. The molecule has 0 saturated carbocycles. The van der Waals surface area contributed by atoms with Crippen molar-refractivity contribution in [2.75, 3.05) is 0 Å². The summed E-state index contributed by atoms with van der Waals surface area (Å²) in [4.78, 5) is 17.1. The van der Waals surface area contributed by atoms with Crippen molar-refractivity contribution in [1.82, 2.24) is 9.97 Å². The maximum Gasteiger partial charge on any atom is 0.377 e. The van der Waals surface area contributed by atoms with E-state index < -0.39 is 19.2 Å². The topological polar surface area (TPSA) is 72.3 Å². The van der Waals surface area contributed by atoms with Gasteiger partial charge >= 0.3 is 7.60 Å². The standard InChI is InChI=1S/C11H6F2N.C8H12NO3P.Ir/c12-8-4-5-9(10(13)7-8)11-3-1-2-6-14-11;1-7(2)12-13(10,11)8-5-3-4-6-9-8;/h1-4,6-7H;3-7H,1-2H3,(H,10,11);/q-1;;. The van der Waals surface area contributed by atoms with Gasteiger partial charge in [0.2, 0.25) is 0 Å². The van der Waals surface area contributed by atoms with Crippen molar-refractivity contribution >= 4 is 13.0 Å². The first kappa shape index (κ1) is 24.2. The maximum atomic E-state index is 13.2. The minimum Gasteiger partial charge on any atom is -0.320 e. The van der Waals surface area contributed by atoms with Crippen LogP contribution in [0.15, 0.2) is 60.9 Å². The van der Waals surface area contributed by atoms with Crippen LogP contribution in [0.2, 0.25) is 0 Å². The third-order valence-electron chi connectivity index (χ3n) is 3.07. The summed E-state index contributed by atoms with van der Waals surface area (Å²) in [6.07, 6.45) is 2.71. The van der Waals surface area contributed by atoms with Crippen LogP contribution in [0, 0.1) is 17.7 Å². The van der Waals surface area contributed by atoms with Crippen molar-refractivity contribution in [2.24, 2.45) is 0 Å². The van der Waals surface area contributed by atoms with Crippen molar-refractivity contribution in [2.45, 2.75) is 20.0 Å². The van der Waals surface area contributed by atoms with Gasteiger partial charge in [0.05, 0.1) is 6.10 Å². The van der Waals surface area contributed by atoms with Crippen LogP contribution in [0.1, 0.15) is 13.8 Å². The molecule has 1 aromatic carbocycles. The molecule has 9 heteroatoms. The van der Waals surface area contributed by atoms with E-state index in [4.69, 9.17) is 4.52 Å². The van der Waals surface area contributed by atoms with Gasteiger partial charge in [0, 0.05) is 44.1 Å². The second-order valence-corrected chi connectivity index (χ2v) is 7.33. The Bertz CT molecular complexity index is 916. The molecule has 1 radical (unpaired) electrons. The third-order valence-corrected chi connectivity index (χ3v) is 4.62. The first-order chi connectivity index (χ1) is 12.8. The number of aromatic nitrogens is 2. The van der Waals surface area contributed by atoms with E-state index in [9.17, 15) is 18.2 Å². The molecule has 0 bridgehead atoms. The molecule has 151 valence electrons. The van der Waals surface area contributed by atoms with E-state index in [2.05, 4.69) is 16.0 Å². The molecule has 3 aromatic rings. The molecule has 2 aromatic heterocycles. The summed E-state index contributed by atoms with van der Waals surface area (Å²) < 4.78 is 42.2. The molecule has 0 spiro atoms. The second-order valence-electron chi connectivity index (χ2n) is 5.62. The summed E-state index contributed by atoms with van der Waals surface area (Å²) in [5.41, 5.74) is 0.723. The van der Waals surface area contributed by atoms with Crippen LogP contribution in [0.25, 0.3) is 11.3 Å². The van der Waals surface area contributed by atoms with Crippen LogP contribution in [-0.2, 0) is 29.2 Å². The SMILES string of the molecule is CC(C)OP(=O)(O)c1ccccn1.Fc1c[c-]c(-c2ccccn2)c(F)c1.[Ir]. The Morgan fingerprint density at radius 1 is 1.11 bits per heavy atom. The van der Waals surface area contributed by atoms with Gasteiger partial charge in [0.1, 0.15) is 0 Å². The third kappa shape index (κ3) is 7.30. The fourth-order valence-electron chi connectivity index (χ4n) is 2.01. The van der Waals surface area contributed by atoms with Crippen molar-refractivity contribution in [3.05, 3.63) is 78.6 Å².